The van der Waals surface area contributed by atoms with Gasteiger partial charge in [-0.3, -0.25) is 4.99 Å². The molecule has 0 saturated heterocycles. The Morgan fingerprint density at radius 1 is 0.536 bits per heavy atom. The lowest BCUT2D eigenvalue weighted by Crippen LogP contribution is -1.83. The van der Waals surface area contributed by atoms with E-state index in [1.54, 1.807) is 0 Å². The molecular weight excluding hydrogens is 338 g/mol. The molecule has 1 heteroatoms. The van der Waals surface area contributed by atoms with E-state index < -0.39 is 0 Å². The zero-order valence-electron chi connectivity index (χ0n) is 15.4. The lowest BCUT2D eigenvalue weighted by Gasteiger charge is -2.09. The Kier molecular flexibility index (Phi) is 4.19. The van der Waals surface area contributed by atoms with Gasteiger partial charge in [0, 0.05) is 11.6 Å². The summed E-state index contributed by atoms with van der Waals surface area (Å²) >= 11 is 0. The second-order valence-corrected chi connectivity index (χ2v) is 6.91. The van der Waals surface area contributed by atoms with Gasteiger partial charge < -0.3 is 0 Å². The highest BCUT2D eigenvalue weighted by Crippen LogP contribution is 2.34. The maximum atomic E-state index is 4.78. The van der Waals surface area contributed by atoms with Crippen LogP contribution in [0.5, 0.6) is 0 Å². The molecule has 0 bridgehead atoms. The number of fused-ring (bicyclic) bond motifs is 2. The molecule has 5 aromatic rings. The van der Waals surface area contributed by atoms with Crippen molar-refractivity contribution < 1.29 is 0 Å². The molecule has 5 rings (SSSR count). The Bertz CT molecular complexity index is 1290. The number of rotatable bonds is 3. The summed E-state index contributed by atoms with van der Waals surface area (Å²) in [7, 11) is 0. The summed E-state index contributed by atoms with van der Waals surface area (Å²) in [5.41, 5.74) is 4.56. The van der Waals surface area contributed by atoms with Gasteiger partial charge in [-0.2, -0.15) is 0 Å². The quantitative estimate of drug-likeness (QED) is 0.298. The van der Waals surface area contributed by atoms with Crippen LogP contribution in [-0.2, 0) is 0 Å². The standard InChI is InChI=1S/C27H19N/c1-2-8-20(9-3-1)19-28-27-15-7-12-22-16-17-23(18-26(22)27)25-14-6-11-21-10-4-5-13-24(21)25/h1-19H/b28-19+. The molecular formula is C27H19N. The molecule has 0 fully saturated rings. The van der Waals surface area contributed by atoms with Crippen LogP contribution in [0.3, 0.4) is 0 Å². The van der Waals surface area contributed by atoms with Crippen molar-refractivity contribution in [3.05, 3.63) is 115 Å². The van der Waals surface area contributed by atoms with Crippen molar-refractivity contribution >= 4 is 33.4 Å². The Morgan fingerprint density at radius 2 is 1.25 bits per heavy atom. The molecule has 0 saturated carbocycles. The molecule has 132 valence electrons. The topological polar surface area (TPSA) is 12.4 Å². The van der Waals surface area contributed by atoms with E-state index in [2.05, 4.69) is 91.0 Å². The first-order valence-electron chi connectivity index (χ1n) is 9.48. The van der Waals surface area contributed by atoms with Crippen LogP contribution in [0.15, 0.2) is 114 Å². The molecule has 0 radical (unpaired) electrons. The summed E-state index contributed by atoms with van der Waals surface area (Å²) in [5, 5.41) is 4.90. The van der Waals surface area contributed by atoms with E-state index in [9.17, 15) is 0 Å². The number of aliphatic imine (C=N–C) groups is 1. The van der Waals surface area contributed by atoms with Gasteiger partial charge in [-0.05, 0) is 45.0 Å². The van der Waals surface area contributed by atoms with E-state index in [-0.39, 0.29) is 0 Å². The minimum atomic E-state index is 0.989. The SMILES string of the molecule is C(=N\c1cccc2ccc(-c3cccc4ccccc34)cc12)/c1ccccc1. The van der Waals surface area contributed by atoms with Crippen molar-refractivity contribution in [1.29, 1.82) is 0 Å². The molecule has 0 aliphatic carbocycles. The predicted octanol–water partition coefficient (Wildman–Crippen LogP) is 7.41. The van der Waals surface area contributed by atoms with Gasteiger partial charge in [0.2, 0.25) is 0 Å². The van der Waals surface area contributed by atoms with Crippen molar-refractivity contribution in [2.24, 2.45) is 4.99 Å². The molecule has 28 heavy (non-hydrogen) atoms. The Morgan fingerprint density at radius 3 is 2.14 bits per heavy atom. The minimum Gasteiger partial charge on any atom is -0.256 e. The van der Waals surface area contributed by atoms with Crippen molar-refractivity contribution in [2.45, 2.75) is 0 Å². The van der Waals surface area contributed by atoms with Crippen molar-refractivity contribution in [2.75, 3.05) is 0 Å². The number of nitrogens with zero attached hydrogens (tertiary/aromatic N) is 1. The maximum Gasteiger partial charge on any atom is 0.0708 e. The Balaban J connectivity index is 1.65. The largest absolute Gasteiger partial charge is 0.256 e. The fourth-order valence-corrected chi connectivity index (χ4v) is 3.70. The van der Waals surface area contributed by atoms with E-state index >= 15 is 0 Å². The Hall–Kier alpha value is -3.71. The fourth-order valence-electron chi connectivity index (χ4n) is 3.70. The third-order valence-corrected chi connectivity index (χ3v) is 5.11. The van der Waals surface area contributed by atoms with E-state index in [1.165, 1.54) is 32.7 Å². The van der Waals surface area contributed by atoms with Gasteiger partial charge in [-0.25, -0.2) is 0 Å². The lowest BCUT2D eigenvalue weighted by atomic mass is 9.96. The normalized spacial score (nSPS) is 11.4. The van der Waals surface area contributed by atoms with Crippen LogP contribution in [0.25, 0.3) is 32.7 Å². The molecule has 5 aromatic carbocycles. The summed E-state index contributed by atoms with van der Waals surface area (Å²) in [4.78, 5) is 4.78. The van der Waals surface area contributed by atoms with Crippen LogP contribution in [0, 0.1) is 0 Å². The molecule has 0 aliphatic heterocycles. The van der Waals surface area contributed by atoms with Crippen LogP contribution in [0.4, 0.5) is 5.69 Å². The second-order valence-electron chi connectivity index (χ2n) is 6.91. The number of hydrogen-bond acceptors (Lipinski definition) is 1. The molecule has 0 aromatic heterocycles. The number of hydrogen-bond donors (Lipinski definition) is 0. The van der Waals surface area contributed by atoms with Crippen molar-refractivity contribution in [3.63, 3.8) is 0 Å². The zero-order chi connectivity index (χ0) is 18.8. The van der Waals surface area contributed by atoms with E-state index in [4.69, 9.17) is 4.99 Å². The summed E-state index contributed by atoms with van der Waals surface area (Å²) in [6.07, 6.45) is 1.93. The van der Waals surface area contributed by atoms with E-state index in [0.29, 0.717) is 0 Å². The summed E-state index contributed by atoms with van der Waals surface area (Å²) in [6.45, 7) is 0. The highest BCUT2D eigenvalue weighted by Gasteiger charge is 2.06. The van der Waals surface area contributed by atoms with Crippen LogP contribution >= 0.6 is 0 Å². The molecule has 0 aliphatic rings. The highest BCUT2D eigenvalue weighted by molar-refractivity contribution is 6.02. The second kappa shape index (κ2) is 7.13. The molecule has 0 unspecified atom stereocenters. The van der Waals surface area contributed by atoms with E-state index in [1.807, 2.05) is 24.4 Å². The third kappa shape index (κ3) is 3.08. The van der Waals surface area contributed by atoms with Crippen LogP contribution in [-0.4, -0.2) is 6.21 Å². The molecule has 0 amide bonds. The average molecular weight is 357 g/mol. The van der Waals surface area contributed by atoms with Crippen LogP contribution in [0.2, 0.25) is 0 Å². The monoisotopic (exact) mass is 357 g/mol. The lowest BCUT2D eigenvalue weighted by molar-refractivity contribution is 1.56. The fraction of sp³-hybridized carbons (Fsp3) is 0. The molecule has 0 atom stereocenters. The molecule has 0 spiro atoms. The van der Waals surface area contributed by atoms with Gasteiger partial charge in [-0.15, -0.1) is 0 Å². The van der Waals surface area contributed by atoms with Crippen molar-refractivity contribution in [3.8, 4) is 11.1 Å². The first-order chi connectivity index (χ1) is 13.9. The summed E-state index contributed by atoms with van der Waals surface area (Å²) in [5.74, 6) is 0. The Labute approximate surface area is 164 Å². The molecule has 0 N–H and O–H groups in total. The van der Waals surface area contributed by atoms with Gasteiger partial charge in [-0.1, -0.05) is 97.1 Å². The van der Waals surface area contributed by atoms with Gasteiger partial charge >= 0.3 is 0 Å². The van der Waals surface area contributed by atoms with Gasteiger partial charge in [0.15, 0.2) is 0 Å². The maximum absolute atomic E-state index is 4.78. The zero-order valence-corrected chi connectivity index (χ0v) is 15.4. The summed E-state index contributed by atoms with van der Waals surface area (Å²) in [6, 6.07) is 38.2. The first-order valence-corrected chi connectivity index (χ1v) is 9.48. The molecule has 1 nitrogen and oxygen atoms in total. The number of benzene rings is 5. The third-order valence-electron chi connectivity index (χ3n) is 5.11. The smallest absolute Gasteiger partial charge is 0.0708 e. The van der Waals surface area contributed by atoms with Crippen LogP contribution in [0.1, 0.15) is 5.56 Å². The van der Waals surface area contributed by atoms with Gasteiger partial charge in [0.05, 0.1) is 5.69 Å². The molecule has 0 heterocycles. The summed E-state index contributed by atoms with van der Waals surface area (Å²) < 4.78 is 0. The first kappa shape index (κ1) is 16.5. The van der Waals surface area contributed by atoms with E-state index in [0.717, 1.165) is 11.3 Å². The van der Waals surface area contributed by atoms with Crippen molar-refractivity contribution in [1.82, 2.24) is 0 Å². The average Bonchev–Trinajstić information content (AvgIpc) is 2.77. The van der Waals surface area contributed by atoms with Crippen LogP contribution < -0.4 is 0 Å². The van der Waals surface area contributed by atoms with Gasteiger partial charge in [0.1, 0.15) is 0 Å². The predicted molar refractivity (Wildman–Crippen MR) is 121 cm³/mol. The van der Waals surface area contributed by atoms with Gasteiger partial charge in [0.25, 0.3) is 0 Å². The highest BCUT2D eigenvalue weighted by atomic mass is 14.7. The minimum absolute atomic E-state index is 0.989.